The standard InChI is InChI=1S/C17H18F3N3OS/c1-2-23-7-6-13-14(10-23)25-16(21-13)22-15(24)9-11-4-3-5-12(8-11)17(18,19)20/h3-5,8H,2,6-7,9-10H2,1H3,(H,21,22,24). The number of carbonyl (C=O) groups is 1. The number of halogens is 3. The normalized spacial score (nSPS) is 15.0. The number of benzene rings is 1. The molecule has 1 aliphatic heterocycles. The lowest BCUT2D eigenvalue weighted by Crippen LogP contribution is -2.29. The summed E-state index contributed by atoms with van der Waals surface area (Å²) in [6, 6.07) is 4.83. The van der Waals surface area contributed by atoms with Crippen LogP contribution in [0.5, 0.6) is 0 Å². The number of alkyl halides is 3. The molecule has 1 aromatic carbocycles. The zero-order valence-electron chi connectivity index (χ0n) is 13.7. The van der Waals surface area contributed by atoms with Crippen molar-refractivity contribution in [3.8, 4) is 0 Å². The van der Waals surface area contributed by atoms with Crippen LogP contribution < -0.4 is 5.32 Å². The Morgan fingerprint density at radius 1 is 1.40 bits per heavy atom. The van der Waals surface area contributed by atoms with E-state index in [4.69, 9.17) is 0 Å². The van der Waals surface area contributed by atoms with E-state index in [9.17, 15) is 18.0 Å². The van der Waals surface area contributed by atoms with Gasteiger partial charge in [-0.25, -0.2) is 4.98 Å². The SMILES string of the molecule is CCN1CCc2nc(NC(=O)Cc3cccc(C(F)(F)F)c3)sc2C1. The van der Waals surface area contributed by atoms with Gasteiger partial charge in [0.05, 0.1) is 17.7 Å². The highest BCUT2D eigenvalue weighted by molar-refractivity contribution is 7.15. The number of hydrogen-bond donors (Lipinski definition) is 1. The summed E-state index contributed by atoms with van der Waals surface area (Å²) in [5.41, 5.74) is 0.581. The lowest BCUT2D eigenvalue weighted by Gasteiger charge is -2.23. The highest BCUT2D eigenvalue weighted by atomic mass is 32.1. The Labute approximate surface area is 147 Å². The molecule has 0 atom stereocenters. The summed E-state index contributed by atoms with van der Waals surface area (Å²) in [6.07, 6.45) is -3.68. The van der Waals surface area contributed by atoms with E-state index >= 15 is 0 Å². The number of rotatable bonds is 4. The van der Waals surface area contributed by atoms with Crippen LogP contribution in [0.15, 0.2) is 24.3 Å². The summed E-state index contributed by atoms with van der Waals surface area (Å²) >= 11 is 1.44. The van der Waals surface area contributed by atoms with Crippen molar-refractivity contribution < 1.29 is 18.0 Å². The van der Waals surface area contributed by atoms with E-state index in [1.165, 1.54) is 23.5 Å². The Balaban J connectivity index is 1.65. The van der Waals surface area contributed by atoms with E-state index in [1.54, 1.807) is 0 Å². The molecule has 8 heteroatoms. The fraction of sp³-hybridized carbons (Fsp3) is 0.412. The minimum Gasteiger partial charge on any atom is -0.302 e. The Bertz CT molecular complexity index is 773. The molecule has 0 aliphatic carbocycles. The fourth-order valence-electron chi connectivity index (χ4n) is 2.78. The van der Waals surface area contributed by atoms with Crippen LogP contribution in [0.3, 0.4) is 0 Å². The van der Waals surface area contributed by atoms with E-state index < -0.39 is 11.7 Å². The van der Waals surface area contributed by atoms with Gasteiger partial charge in [0.25, 0.3) is 0 Å². The van der Waals surface area contributed by atoms with Gasteiger partial charge < -0.3 is 5.32 Å². The van der Waals surface area contributed by atoms with Gasteiger partial charge in [-0.05, 0) is 18.2 Å². The van der Waals surface area contributed by atoms with Crippen molar-refractivity contribution in [2.24, 2.45) is 0 Å². The number of aromatic nitrogens is 1. The van der Waals surface area contributed by atoms with Gasteiger partial charge in [-0.3, -0.25) is 9.69 Å². The van der Waals surface area contributed by atoms with E-state index in [1.807, 2.05) is 0 Å². The maximum Gasteiger partial charge on any atom is 0.416 e. The molecular weight excluding hydrogens is 351 g/mol. The molecule has 25 heavy (non-hydrogen) atoms. The second-order valence-electron chi connectivity index (χ2n) is 5.93. The molecule has 1 N–H and O–H groups in total. The molecule has 0 unspecified atom stereocenters. The molecule has 0 saturated heterocycles. The van der Waals surface area contributed by atoms with Gasteiger partial charge in [0.1, 0.15) is 0 Å². The number of amides is 1. The third-order valence-electron chi connectivity index (χ3n) is 4.12. The summed E-state index contributed by atoms with van der Waals surface area (Å²) in [6.45, 7) is 4.84. The van der Waals surface area contributed by atoms with Gasteiger partial charge in [0.2, 0.25) is 5.91 Å². The third kappa shape index (κ3) is 4.38. The topological polar surface area (TPSA) is 45.2 Å². The van der Waals surface area contributed by atoms with E-state index in [0.717, 1.165) is 48.8 Å². The van der Waals surface area contributed by atoms with Crippen LogP contribution in [0.25, 0.3) is 0 Å². The minimum atomic E-state index is -4.41. The lowest BCUT2D eigenvalue weighted by molar-refractivity contribution is -0.137. The molecule has 0 bridgehead atoms. The molecule has 2 heterocycles. The van der Waals surface area contributed by atoms with Crippen LogP contribution in [0, 0.1) is 0 Å². The molecule has 4 nitrogen and oxygen atoms in total. The number of hydrogen-bond acceptors (Lipinski definition) is 4. The molecular formula is C17H18F3N3OS. The fourth-order valence-corrected chi connectivity index (χ4v) is 3.84. The maximum absolute atomic E-state index is 12.7. The van der Waals surface area contributed by atoms with Gasteiger partial charge in [-0.2, -0.15) is 13.2 Å². The zero-order valence-corrected chi connectivity index (χ0v) is 14.5. The molecule has 134 valence electrons. The first-order valence-electron chi connectivity index (χ1n) is 8.02. The van der Waals surface area contributed by atoms with Gasteiger partial charge in [-0.15, -0.1) is 11.3 Å². The third-order valence-corrected chi connectivity index (χ3v) is 5.12. The number of fused-ring (bicyclic) bond motifs is 1. The Kier molecular flexibility index (Phi) is 5.10. The number of nitrogens with one attached hydrogen (secondary N) is 1. The minimum absolute atomic E-state index is 0.116. The predicted octanol–water partition coefficient (Wildman–Crippen LogP) is 3.72. The van der Waals surface area contributed by atoms with Crippen molar-refractivity contribution in [3.05, 3.63) is 46.0 Å². The molecule has 1 aromatic heterocycles. The highest BCUT2D eigenvalue weighted by Crippen LogP contribution is 2.30. The zero-order chi connectivity index (χ0) is 18.0. The second-order valence-corrected chi connectivity index (χ2v) is 7.01. The molecule has 0 radical (unpaired) electrons. The largest absolute Gasteiger partial charge is 0.416 e. The summed E-state index contributed by atoms with van der Waals surface area (Å²) in [7, 11) is 0. The summed E-state index contributed by atoms with van der Waals surface area (Å²) in [5.74, 6) is -0.363. The first-order valence-corrected chi connectivity index (χ1v) is 8.83. The van der Waals surface area contributed by atoms with E-state index in [2.05, 4.69) is 22.1 Å². The quantitative estimate of drug-likeness (QED) is 0.893. The van der Waals surface area contributed by atoms with Crippen LogP contribution in [0.2, 0.25) is 0 Å². The van der Waals surface area contributed by atoms with Crippen molar-refractivity contribution in [1.29, 1.82) is 0 Å². The van der Waals surface area contributed by atoms with E-state index in [0.29, 0.717) is 10.7 Å². The number of anilines is 1. The van der Waals surface area contributed by atoms with Crippen LogP contribution in [0.4, 0.5) is 18.3 Å². The molecule has 1 aliphatic rings. The number of thiazole rings is 1. The van der Waals surface area contributed by atoms with Crippen molar-refractivity contribution in [2.45, 2.75) is 32.5 Å². The van der Waals surface area contributed by atoms with Gasteiger partial charge in [-0.1, -0.05) is 25.1 Å². The summed E-state index contributed by atoms with van der Waals surface area (Å²) < 4.78 is 38.2. The molecule has 0 spiro atoms. The van der Waals surface area contributed by atoms with Gasteiger partial charge in [0.15, 0.2) is 5.13 Å². The maximum atomic E-state index is 12.7. The summed E-state index contributed by atoms with van der Waals surface area (Å²) in [4.78, 5) is 20.0. The van der Waals surface area contributed by atoms with Gasteiger partial charge >= 0.3 is 6.18 Å². The number of nitrogens with zero attached hydrogens (tertiary/aromatic N) is 2. The number of carbonyl (C=O) groups excluding carboxylic acids is 1. The van der Waals surface area contributed by atoms with Crippen LogP contribution >= 0.6 is 11.3 Å². The van der Waals surface area contributed by atoms with Crippen molar-refractivity contribution in [3.63, 3.8) is 0 Å². The van der Waals surface area contributed by atoms with Crippen LogP contribution in [0.1, 0.15) is 28.6 Å². The van der Waals surface area contributed by atoms with Crippen LogP contribution in [-0.2, 0) is 30.4 Å². The average Bonchev–Trinajstić information content (AvgIpc) is 2.95. The molecule has 2 aromatic rings. The highest BCUT2D eigenvalue weighted by Gasteiger charge is 2.30. The molecule has 0 saturated carbocycles. The first kappa shape index (κ1) is 17.9. The van der Waals surface area contributed by atoms with Crippen molar-refractivity contribution in [1.82, 2.24) is 9.88 Å². The van der Waals surface area contributed by atoms with Crippen LogP contribution in [-0.4, -0.2) is 28.9 Å². The Morgan fingerprint density at radius 3 is 2.92 bits per heavy atom. The molecule has 3 rings (SSSR count). The second kappa shape index (κ2) is 7.13. The molecule has 1 amide bonds. The van der Waals surface area contributed by atoms with Crippen molar-refractivity contribution >= 4 is 22.4 Å². The van der Waals surface area contributed by atoms with E-state index in [-0.39, 0.29) is 12.3 Å². The monoisotopic (exact) mass is 369 g/mol. The summed E-state index contributed by atoms with van der Waals surface area (Å²) in [5, 5.41) is 3.22. The Morgan fingerprint density at radius 2 is 2.20 bits per heavy atom. The molecule has 0 fully saturated rings. The van der Waals surface area contributed by atoms with Crippen molar-refractivity contribution in [2.75, 3.05) is 18.4 Å². The van der Waals surface area contributed by atoms with Gasteiger partial charge in [0, 0.05) is 24.4 Å². The first-order chi connectivity index (χ1) is 11.8. The number of likely N-dealkylation sites (N-methyl/N-ethyl adjacent to an activating group) is 1. The smallest absolute Gasteiger partial charge is 0.302 e. The Hall–Kier alpha value is -1.93. The predicted molar refractivity (Wildman–Crippen MR) is 90.5 cm³/mol. The average molecular weight is 369 g/mol. The lowest BCUT2D eigenvalue weighted by atomic mass is 10.1.